The van der Waals surface area contributed by atoms with E-state index in [9.17, 15) is 9.18 Å². The lowest BCUT2D eigenvalue weighted by Gasteiger charge is -2.17. The van der Waals surface area contributed by atoms with Crippen molar-refractivity contribution in [1.82, 2.24) is 25.5 Å². The van der Waals surface area contributed by atoms with Crippen LogP contribution in [0.25, 0.3) is 0 Å². The van der Waals surface area contributed by atoms with Gasteiger partial charge in [-0.25, -0.2) is 4.39 Å². The average Bonchev–Trinajstić information content (AvgIpc) is 3.06. The van der Waals surface area contributed by atoms with Crippen LogP contribution in [0.5, 0.6) is 0 Å². The predicted molar refractivity (Wildman–Crippen MR) is 77.8 cm³/mol. The number of nitrogens with zero attached hydrogens (tertiary/aromatic N) is 5. The number of benzene rings is 1. The van der Waals surface area contributed by atoms with Crippen LogP contribution in [0.15, 0.2) is 18.2 Å². The van der Waals surface area contributed by atoms with Gasteiger partial charge in [-0.2, -0.15) is 4.80 Å². The lowest BCUT2D eigenvalue weighted by Crippen LogP contribution is -2.38. The number of halogens is 2. The number of nitrogens with one attached hydrogen (secondary N) is 1. The van der Waals surface area contributed by atoms with E-state index in [1.807, 2.05) is 0 Å². The second kappa shape index (κ2) is 5.98. The molecule has 1 fully saturated rings. The Kier molecular flexibility index (Phi) is 4.04. The fourth-order valence-corrected chi connectivity index (χ4v) is 2.50. The molecule has 1 aromatic carbocycles. The summed E-state index contributed by atoms with van der Waals surface area (Å²) in [5.74, 6) is -0.121. The summed E-state index contributed by atoms with van der Waals surface area (Å²) in [5, 5.41) is 14.8. The second-order valence-electron chi connectivity index (χ2n) is 5.01. The van der Waals surface area contributed by atoms with Crippen LogP contribution >= 0.6 is 11.6 Å². The first-order valence-electron chi connectivity index (χ1n) is 6.77. The standard InChI is InChI=1S/C13H14ClFN6O/c1-20-18-12(17-19-20)7-16-11-4-5-21(13(11)22)8-2-3-9(14)10(15)6-8/h2-3,6,11,16H,4-5,7H2,1H3/t11-/m0/s1. The molecule has 1 N–H and O–H groups in total. The largest absolute Gasteiger partial charge is 0.311 e. The maximum atomic E-state index is 13.5. The molecule has 1 aliphatic rings. The van der Waals surface area contributed by atoms with Gasteiger partial charge in [-0.05, 0) is 29.8 Å². The average molecular weight is 325 g/mol. The normalized spacial score (nSPS) is 18.2. The van der Waals surface area contributed by atoms with E-state index >= 15 is 0 Å². The van der Waals surface area contributed by atoms with Crippen molar-refractivity contribution < 1.29 is 9.18 Å². The van der Waals surface area contributed by atoms with Crippen molar-refractivity contribution in [2.24, 2.45) is 7.05 Å². The number of aryl methyl sites for hydroxylation is 1. The summed E-state index contributed by atoms with van der Waals surface area (Å²) in [7, 11) is 1.67. The lowest BCUT2D eigenvalue weighted by atomic mass is 10.2. The van der Waals surface area contributed by atoms with Crippen LogP contribution in [-0.2, 0) is 18.4 Å². The van der Waals surface area contributed by atoms with Gasteiger partial charge in [0.1, 0.15) is 5.82 Å². The number of carbonyl (C=O) groups is 1. The Labute approximate surface area is 131 Å². The van der Waals surface area contributed by atoms with Gasteiger partial charge in [0, 0.05) is 12.2 Å². The van der Waals surface area contributed by atoms with Gasteiger partial charge in [-0.15, -0.1) is 10.2 Å². The van der Waals surface area contributed by atoms with Crippen molar-refractivity contribution in [1.29, 1.82) is 0 Å². The number of hydrogen-bond acceptors (Lipinski definition) is 5. The van der Waals surface area contributed by atoms with Gasteiger partial charge in [-0.3, -0.25) is 10.1 Å². The molecule has 116 valence electrons. The number of carbonyl (C=O) groups excluding carboxylic acids is 1. The maximum Gasteiger partial charge on any atom is 0.244 e. The summed E-state index contributed by atoms with van der Waals surface area (Å²) in [6, 6.07) is 4.01. The van der Waals surface area contributed by atoms with Gasteiger partial charge in [0.2, 0.25) is 5.91 Å². The molecule has 7 nitrogen and oxygen atoms in total. The first kappa shape index (κ1) is 14.9. The van der Waals surface area contributed by atoms with Gasteiger partial charge in [0.15, 0.2) is 5.82 Å². The number of tetrazole rings is 1. The molecular formula is C13H14ClFN6O. The molecule has 2 heterocycles. The molecule has 22 heavy (non-hydrogen) atoms. The van der Waals surface area contributed by atoms with E-state index in [1.165, 1.54) is 16.9 Å². The van der Waals surface area contributed by atoms with Crippen LogP contribution in [0, 0.1) is 5.82 Å². The zero-order valence-electron chi connectivity index (χ0n) is 11.8. The van der Waals surface area contributed by atoms with E-state index in [0.717, 1.165) is 0 Å². The first-order chi connectivity index (χ1) is 10.5. The molecule has 0 saturated carbocycles. The van der Waals surface area contributed by atoms with Gasteiger partial charge in [0.25, 0.3) is 0 Å². The van der Waals surface area contributed by atoms with E-state index < -0.39 is 5.82 Å². The third kappa shape index (κ3) is 2.93. The number of aromatic nitrogens is 4. The Balaban J connectivity index is 1.65. The van der Waals surface area contributed by atoms with Crippen molar-refractivity contribution in [3.8, 4) is 0 Å². The molecule has 0 aliphatic carbocycles. The highest BCUT2D eigenvalue weighted by Gasteiger charge is 2.32. The number of rotatable bonds is 4. The van der Waals surface area contributed by atoms with Crippen LogP contribution in [0.4, 0.5) is 10.1 Å². The van der Waals surface area contributed by atoms with Crippen molar-refractivity contribution in [3.63, 3.8) is 0 Å². The molecule has 1 aliphatic heterocycles. The highest BCUT2D eigenvalue weighted by Crippen LogP contribution is 2.25. The molecule has 0 unspecified atom stereocenters. The highest BCUT2D eigenvalue weighted by atomic mass is 35.5. The quantitative estimate of drug-likeness (QED) is 0.904. The van der Waals surface area contributed by atoms with Crippen molar-refractivity contribution in [2.45, 2.75) is 19.0 Å². The molecular weight excluding hydrogens is 311 g/mol. The molecule has 9 heteroatoms. The summed E-state index contributed by atoms with van der Waals surface area (Å²) >= 11 is 5.66. The predicted octanol–water partition coefficient (Wildman–Crippen LogP) is 0.898. The minimum atomic E-state index is -0.535. The zero-order valence-corrected chi connectivity index (χ0v) is 12.6. The first-order valence-corrected chi connectivity index (χ1v) is 7.15. The number of hydrogen-bond donors (Lipinski definition) is 1. The summed E-state index contributed by atoms with van der Waals surface area (Å²) in [5.41, 5.74) is 0.508. The van der Waals surface area contributed by atoms with Crippen molar-refractivity contribution in [3.05, 3.63) is 34.9 Å². The maximum absolute atomic E-state index is 13.5. The van der Waals surface area contributed by atoms with Crippen LogP contribution in [-0.4, -0.2) is 38.7 Å². The minimum Gasteiger partial charge on any atom is -0.311 e. The minimum absolute atomic E-state index is 0.0406. The fourth-order valence-electron chi connectivity index (χ4n) is 2.39. The molecule has 1 atom stereocenters. The summed E-state index contributed by atoms with van der Waals surface area (Å²) in [4.78, 5) is 15.3. The zero-order chi connectivity index (χ0) is 15.7. The molecule has 1 aromatic heterocycles. The second-order valence-corrected chi connectivity index (χ2v) is 5.41. The monoisotopic (exact) mass is 324 g/mol. The molecule has 1 amide bonds. The van der Waals surface area contributed by atoms with E-state index in [2.05, 4.69) is 20.7 Å². The number of amides is 1. The molecule has 0 radical (unpaired) electrons. The van der Waals surface area contributed by atoms with Crippen LogP contribution < -0.4 is 10.2 Å². The molecule has 0 spiro atoms. The van der Waals surface area contributed by atoms with E-state index in [0.29, 0.717) is 31.0 Å². The third-order valence-electron chi connectivity index (χ3n) is 3.48. The Morgan fingerprint density at radius 1 is 1.50 bits per heavy atom. The fraction of sp³-hybridized carbons (Fsp3) is 0.385. The van der Waals surface area contributed by atoms with Crippen molar-refractivity contribution >= 4 is 23.2 Å². The van der Waals surface area contributed by atoms with Crippen LogP contribution in [0.1, 0.15) is 12.2 Å². The molecule has 1 saturated heterocycles. The van der Waals surface area contributed by atoms with E-state index in [4.69, 9.17) is 11.6 Å². The SMILES string of the molecule is Cn1nnc(CN[C@H]2CCN(c3ccc(Cl)c(F)c3)C2=O)n1. The summed E-state index contributed by atoms with van der Waals surface area (Å²) < 4.78 is 13.5. The van der Waals surface area contributed by atoms with E-state index in [-0.39, 0.29) is 17.0 Å². The van der Waals surface area contributed by atoms with Crippen molar-refractivity contribution in [2.75, 3.05) is 11.4 Å². The molecule has 3 rings (SSSR count). The summed E-state index contributed by atoms with van der Waals surface area (Å²) in [6.07, 6.45) is 0.628. The number of anilines is 1. The summed E-state index contributed by atoms with van der Waals surface area (Å²) in [6.45, 7) is 0.874. The smallest absolute Gasteiger partial charge is 0.244 e. The van der Waals surface area contributed by atoms with Gasteiger partial charge >= 0.3 is 0 Å². The van der Waals surface area contributed by atoms with Gasteiger partial charge < -0.3 is 4.90 Å². The molecule has 0 bridgehead atoms. The van der Waals surface area contributed by atoms with Crippen LogP contribution in [0.2, 0.25) is 5.02 Å². The Morgan fingerprint density at radius 3 is 3.00 bits per heavy atom. The van der Waals surface area contributed by atoms with Crippen LogP contribution in [0.3, 0.4) is 0 Å². The van der Waals surface area contributed by atoms with Gasteiger partial charge in [-0.1, -0.05) is 11.6 Å². The Morgan fingerprint density at radius 2 is 2.32 bits per heavy atom. The third-order valence-corrected chi connectivity index (χ3v) is 3.78. The Hall–Kier alpha value is -2.06. The topological polar surface area (TPSA) is 75.9 Å². The molecule has 2 aromatic rings. The lowest BCUT2D eigenvalue weighted by molar-refractivity contribution is -0.118. The van der Waals surface area contributed by atoms with E-state index in [1.54, 1.807) is 18.0 Å². The highest BCUT2D eigenvalue weighted by molar-refractivity contribution is 6.30. The van der Waals surface area contributed by atoms with Gasteiger partial charge in [0.05, 0.1) is 24.7 Å². The Bertz CT molecular complexity index is 706.